The van der Waals surface area contributed by atoms with E-state index in [1.54, 1.807) is 0 Å². The van der Waals surface area contributed by atoms with Crippen molar-refractivity contribution in [3.63, 3.8) is 0 Å². The SMILES string of the molecule is O=NNc1on[n+](-c2ccccc2)c1Br. The highest BCUT2D eigenvalue weighted by Crippen LogP contribution is 2.18. The maximum Gasteiger partial charge on any atom is 0.348 e. The van der Waals surface area contributed by atoms with Gasteiger partial charge in [0.05, 0.1) is 5.29 Å². The van der Waals surface area contributed by atoms with Crippen LogP contribution >= 0.6 is 15.9 Å². The van der Waals surface area contributed by atoms with E-state index in [4.69, 9.17) is 4.52 Å². The van der Waals surface area contributed by atoms with Crippen LogP contribution < -0.4 is 10.1 Å². The van der Waals surface area contributed by atoms with E-state index in [1.165, 1.54) is 4.68 Å². The van der Waals surface area contributed by atoms with Crippen molar-refractivity contribution in [2.75, 3.05) is 5.43 Å². The topological polar surface area (TPSA) is 71.4 Å². The van der Waals surface area contributed by atoms with E-state index in [2.05, 4.69) is 31.9 Å². The molecule has 0 fully saturated rings. The van der Waals surface area contributed by atoms with E-state index in [0.29, 0.717) is 4.60 Å². The Hall–Kier alpha value is -1.76. The largest absolute Gasteiger partial charge is 0.348 e. The van der Waals surface area contributed by atoms with Crippen molar-refractivity contribution >= 4 is 21.8 Å². The van der Waals surface area contributed by atoms with Crippen molar-refractivity contribution in [2.45, 2.75) is 0 Å². The van der Waals surface area contributed by atoms with Crippen LogP contribution in [0.5, 0.6) is 0 Å². The number of nitrogens with zero attached hydrogens (tertiary/aromatic N) is 3. The molecule has 1 aromatic heterocycles. The molecular formula is C8H6BrN4O2+. The second kappa shape index (κ2) is 4.18. The number of anilines is 1. The van der Waals surface area contributed by atoms with Crippen LogP contribution in [0, 0.1) is 4.91 Å². The van der Waals surface area contributed by atoms with E-state index >= 15 is 0 Å². The molecule has 6 nitrogen and oxygen atoms in total. The summed E-state index contributed by atoms with van der Waals surface area (Å²) in [5, 5.41) is 6.23. The third-order valence-electron chi connectivity index (χ3n) is 1.74. The quantitative estimate of drug-likeness (QED) is 0.524. The number of hydrogen-bond acceptors (Lipinski definition) is 4. The normalized spacial score (nSPS) is 9.93. The Kier molecular flexibility index (Phi) is 2.72. The Labute approximate surface area is 92.9 Å². The van der Waals surface area contributed by atoms with Crippen LogP contribution in [0.15, 0.2) is 44.7 Å². The molecule has 0 saturated heterocycles. The Balaban J connectivity index is 2.42. The van der Waals surface area contributed by atoms with E-state index in [9.17, 15) is 4.91 Å². The molecule has 0 atom stereocenters. The lowest BCUT2D eigenvalue weighted by molar-refractivity contribution is -0.680. The van der Waals surface area contributed by atoms with Crippen molar-refractivity contribution in [1.29, 1.82) is 0 Å². The monoisotopic (exact) mass is 269 g/mol. The zero-order valence-electron chi connectivity index (χ0n) is 7.42. The standard InChI is InChI=1S/C8H5BrN4O2/c9-7-8(10-11-14)15-12-13(7)6-4-2-1-3-5-6/h1-5H/p+1. The number of halogens is 1. The third kappa shape index (κ3) is 1.86. The summed E-state index contributed by atoms with van der Waals surface area (Å²) < 4.78 is 6.84. The lowest BCUT2D eigenvalue weighted by atomic mass is 10.3. The predicted octanol–water partition coefficient (Wildman–Crippen LogP) is 1.81. The highest BCUT2D eigenvalue weighted by atomic mass is 79.9. The average Bonchev–Trinajstić information content (AvgIpc) is 2.63. The lowest BCUT2D eigenvalue weighted by Gasteiger charge is -1.86. The summed E-state index contributed by atoms with van der Waals surface area (Å²) in [6, 6.07) is 9.34. The summed E-state index contributed by atoms with van der Waals surface area (Å²) in [6.45, 7) is 0. The Morgan fingerprint density at radius 1 is 1.40 bits per heavy atom. The smallest absolute Gasteiger partial charge is 0.279 e. The molecule has 1 N–H and O–H groups in total. The molecule has 0 aliphatic carbocycles. The minimum atomic E-state index is 0.161. The predicted molar refractivity (Wildman–Crippen MR) is 55.2 cm³/mol. The zero-order chi connectivity index (χ0) is 10.7. The van der Waals surface area contributed by atoms with Gasteiger partial charge in [-0.15, -0.1) is 4.91 Å². The molecule has 0 unspecified atom stereocenters. The maximum atomic E-state index is 9.99. The summed E-state index contributed by atoms with van der Waals surface area (Å²) in [6.07, 6.45) is 0. The van der Waals surface area contributed by atoms with Crippen LogP contribution in [0.1, 0.15) is 0 Å². The second-order valence-corrected chi connectivity index (χ2v) is 3.39. The molecule has 1 aromatic carbocycles. The van der Waals surface area contributed by atoms with Gasteiger partial charge in [-0.1, -0.05) is 18.2 Å². The number of nitroso groups, excluding NO2 is 1. The molecule has 15 heavy (non-hydrogen) atoms. The van der Waals surface area contributed by atoms with E-state index in [0.717, 1.165) is 5.69 Å². The van der Waals surface area contributed by atoms with Crippen LogP contribution in [0.4, 0.5) is 5.88 Å². The van der Waals surface area contributed by atoms with Gasteiger partial charge in [-0.2, -0.15) is 0 Å². The summed E-state index contributed by atoms with van der Waals surface area (Å²) >= 11 is 3.23. The fraction of sp³-hybridized carbons (Fsp3) is 0. The van der Waals surface area contributed by atoms with Crippen molar-refractivity contribution in [3.8, 4) is 5.69 Å². The number of para-hydroxylation sites is 1. The molecule has 0 radical (unpaired) electrons. The van der Waals surface area contributed by atoms with Gasteiger partial charge in [0.25, 0.3) is 0 Å². The minimum Gasteiger partial charge on any atom is -0.279 e. The summed E-state index contributed by atoms with van der Waals surface area (Å²) in [7, 11) is 0. The van der Waals surface area contributed by atoms with Crippen molar-refractivity contribution < 1.29 is 9.20 Å². The first kappa shape index (κ1) is 9.78. The average molecular weight is 270 g/mol. The molecule has 0 spiro atoms. The first-order chi connectivity index (χ1) is 7.33. The lowest BCUT2D eigenvalue weighted by Crippen LogP contribution is -2.33. The molecule has 0 saturated carbocycles. The number of rotatable bonds is 3. The molecule has 1 heterocycles. The van der Waals surface area contributed by atoms with Crippen LogP contribution in [0.25, 0.3) is 5.69 Å². The van der Waals surface area contributed by atoms with Crippen LogP contribution in [-0.4, -0.2) is 5.27 Å². The van der Waals surface area contributed by atoms with Gasteiger partial charge in [0.1, 0.15) is 0 Å². The number of aromatic nitrogens is 2. The number of nitrogens with one attached hydrogen (secondary N) is 1. The van der Waals surface area contributed by atoms with E-state index in [-0.39, 0.29) is 5.88 Å². The van der Waals surface area contributed by atoms with Crippen LogP contribution in [0.3, 0.4) is 0 Å². The van der Waals surface area contributed by atoms with Crippen molar-refractivity contribution in [1.82, 2.24) is 5.27 Å². The van der Waals surface area contributed by atoms with Gasteiger partial charge in [0.2, 0.25) is 11.0 Å². The van der Waals surface area contributed by atoms with Gasteiger partial charge in [0.15, 0.2) is 0 Å². The Morgan fingerprint density at radius 2 is 2.13 bits per heavy atom. The van der Waals surface area contributed by atoms with Crippen LogP contribution in [-0.2, 0) is 0 Å². The van der Waals surface area contributed by atoms with Gasteiger partial charge in [-0.25, -0.2) is 5.43 Å². The Bertz CT molecular complexity index is 471. The molecule has 7 heteroatoms. The molecule has 0 bridgehead atoms. The number of hydrogen-bond donors (Lipinski definition) is 1. The Morgan fingerprint density at radius 3 is 2.80 bits per heavy atom. The first-order valence-corrected chi connectivity index (χ1v) is 4.83. The minimum absolute atomic E-state index is 0.161. The van der Waals surface area contributed by atoms with Gasteiger partial charge < -0.3 is 0 Å². The molecular weight excluding hydrogens is 264 g/mol. The molecule has 0 amide bonds. The number of benzene rings is 1. The van der Waals surface area contributed by atoms with Gasteiger partial charge in [-0.05, 0) is 0 Å². The fourth-order valence-electron chi connectivity index (χ4n) is 1.09. The summed E-state index contributed by atoms with van der Waals surface area (Å²) in [4.78, 5) is 9.99. The fourth-order valence-corrected chi connectivity index (χ4v) is 1.52. The van der Waals surface area contributed by atoms with Crippen LogP contribution in [0.2, 0.25) is 0 Å². The zero-order valence-corrected chi connectivity index (χ0v) is 9.01. The van der Waals surface area contributed by atoms with Crippen molar-refractivity contribution in [3.05, 3.63) is 39.8 Å². The molecule has 0 aliphatic rings. The van der Waals surface area contributed by atoms with Gasteiger partial charge in [-0.3, -0.25) is 4.52 Å². The van der Waals surface area contributed by atoms with Gasteiger partial charge >= 0.3 is 10.5 Å². The molecule has 76 valence electrons. The molecule has 0 aliphatic heterocycles. The third-order valence-corrected chi connectivity index (χ3v) is 2.43. The van der Waals surface area contributed by atoms with E-state index < -0.39 is 0 Å². The highest BCUT2D eigenvalue weighted by Gasteiger charge is 2.24. The maximum absolute atomic E-state index is 9.99. The van der Waals surface area contributed by atoms with Gasteiger partial charge in [0, 0.05) is 32.7 Å². The highest BCUT2D eigenvalue weighted by molar-refractivity contribution is 9.10. The van der Waals surface area contributed by atoms with E-state index in [1.807, 2.05) is 30.3 Å². The molecule has 2 aromatic rings. The second-order valence-electron chi connectivity index (χ2n) is 2.64. The van der Waals surface area contributed by atoms with Crippen molar-refractivity contribution in [2.24, 2.45) is 5.29 Å². The molecule has 2 rings (SSSR count). The first-order valence-electron chi connectivity index (χ1n) is 4.04. The summed E-state index contributed by atoms with van der Waals surface area (Å²) in [5.41, 5.74) is 2.95. The summed E-state index contributed by atoms with van der Waals surface area (Å²) in [5.74, 6) is 0.161.